The van der Waals surface area contributed by atoms with Crippen LogP contribution in [-0.2, 0) is 11.8 Å². The monoisotopic (exact) mass is 489 g/mol. The molecule has 0 aliphatic carbocycles. The van der Waals surface area contributed by atoms with Crippen molar-refractivity contribution in [2.75, 3.05) is 0 Å². The zero-order valence-electron chi connectivity index (χ0n) is 21.6. The van der Waals surface area contributed by atoms with E-state index in [4.69, 9.17) is 9.40 Å². The number of hydrogen-bond donors (Lipinski definition) is 0. The van der Waals surface area contributed by atoms with Gasteiger partial charge in [-0.1, -0.05) is 71.0 Å². The van der Waals surface area contributed by atoms with Gasteiger partial charge in [-0.15, -0.1) is 11.3 Å². The molecule has 0 spiro atoms. The van der Waals surface area contributed by atoms with E-state index >= 15 is 0 Å². The highest BCUT2D eigenvalue weighted by Crippen LogP contribution is 2.41. The summed E-state index contributed by atoms with van der Waals surface area (Å²) in [6, 6.07) is 24.3. The summed E-state index contributed by atoms with van der Waals surface area (Å²) in [5.41, 5.74) is 8.95. The van der Waals surface area contributed by atoms with E-state index in [2.05, 4.69) is 101 Å². The van der Waals surface area contributed by atoms with Crippen molar-refractivity contribution in [3.63, 3.8) is 0 Å². The molecule has 6 aromatic rings. The summed E-state index contributed by atoms with van der Waals surface area (Å²) < 4.78 is 7.38. The van der Waals surface area contributed by atoms with Gasteiger partial charge >= 0.3 is 0 Å². The number of thiophene rings is 1. The molecule has 3 heteroatoms. The van der Waals surface area contributed by atoms with E-state index in [0.717, 1.165) is 34.3 Å². The summed E-state index contributed by atoms with van der Waals surface area (Å²) in [4.78, 5) is 5.06. The lowest BCUT2D eigenvalue weighted by Crippen LogP contribution is -2.12. The third-order valence-corrected chi connectivity index (χ3v) is 7.98. The van der Waals surface area contributed by atoms with Gasteiger partial charge in [0, 0.05) is 27.3 Å². The van der Waals surface area contributed by atoms with Crippen LogP contribution in [0.15, 0.2) is 82.8 Å². The molecule has 0 atom stereocenters. The first-order valence-electron chi connectivity index (χ1n) is 12.7. The first-order chi connectivity index (χ1) is 17.3. The quantitative estimate of drug-likeness (QED) is 0.246. The minimum Gasteiger partial charge on any atom is -0.462 e. The zero-order chi connectivity index (χ0) is 25.0. The highest BCUT2D eigenvalue weighted by atomic mass is 32.1. The molecule has 180 valence electrons. The second kappa shape index (κ2) is 8.60. The molecular formula is C33H31NOS. The molecule has 0 unspecified atom stereocenters. The number of aromatic nitrogens is 1. The van der Waals surface area contributed by atoms with Gasteiger partial charge in [0.1, 0.15) is 5.52 Å². The van der Waals surface area contributed by atoms with E-state index in [1.807, 2.05) is 17.4 Å². The van der Waals surface area contributed by atoms with Gasteiger partial charge in [-0.2, -0.15) is 0 Å². The van der Waals surface area contributed by atoms with Gasteiger partial charge in [0.2, 0.25) is 0 Å². The molecule has 6 rings (SSSR count). The first-order valence-corrected chi connectivity index (χ1v) is 13.6. The Kier molecular flexibility index (Phi) is 5.49. The summed E-state index contributed by atoms with van der Waals surface area (Å²) in [5.74, 6) is 0.621. The van der Waals surface area contributed by atoms with E-state index < -0.39 is 0 Å². The lowest BCUT2D eigenvalue weighted by molar-refractivity contribution is 0.596. The summed E-state index contributed by atoms with van der Waals surface area (Å²) in [7, 11) is 0. The second-order valence-electron chi connectivity index (χ2n) is 11.2. The van der Waals surface area contributed by atoms with Crippen molar-refractivity contribution >= 4 is 43.3 Å². The highest BCUT2D eigenvalue weighted by molar-refractivity contribution is 7.17. The number of nitrogens with zero attached hydrogens (tertiary/aromatic N) is 1. The Morgan fingerprint density at radius 1 is 0.889 bits per heavy atom. The van der Waals surface area contributed by atoms with Gasteiger partial charge < -0.3 is 4.42 Å². The summed E-state index contributed by atoms with van der Waals surface area (Å²) in [5, 5.41) is 6.05. The Morgan fingerprint density at radius 2 is 1.72 bits per heavy atom. The van der Waals surface area contributed by atoms with E-state index in [9.17, 15) is 0 Å². The summed E-state index contributed by atoms with van der Waals surface area (Å²) in [6.07, 6.45) is 2.84. The topological polar surface area (TPSA) is 26.0 Å². The molecule has 0 bridgehead atoms. The summed E-state index contributed by atoms with van der Waals surface area (Å²) >= 11 is 1.83. The fraction of sp³-hybridized carbons (Fsp3) is 0.242. The minimum absolute atomic E-state index is 0.0211. The van der Waals surface area contributed by atoms with Crippen molar-refractivity contribution in [3.05, 3.63) is 89.5 Å². The predicted molar refractivity (Wildman–Crippen MR) is 155 cm³/mol. The Hall–Kier alpha value is -3.43. The molecule has 0 saturated heterocycles. The van der Waals surface area contributed by atoms with E-state index in [1.54, 1.807) is 6.26 Å². The van der Waals surface area contributed by atoms with Crippen LogP contribution in [0.5, 0.6) is 0 Å². The first kappa shape index (κ1) is 23.0. The molecule has 0 fully saturated rings. The molecule has 0 amide bonds. The van der Waals surface area contributed by atoms with Crippen molar-refractivity contribution in [3.8, 4) is 22.4 Å². The number of hydrogen-bond acceptors (Lipinski definition) is 3. The zero-order valence-corrected chi connectivity index (χ0v) is 22.4. The lowest BCUT2D eigenvalue weighted by Gasteiger charge is -2.23. The van der Waals surface area contributed by atoms with Crippen molar-refractivity contribution < 1.29 is 4.42 Å². The Balaban J connectivity index is 1.60. The molecule has 2 nitrogen and oxygen atoms in total. The van der Waals surface area contributed by atoms with Crippen LogP contribution in [0.25, 0.3) is 54.3 Å². The largest absolute Gasteiger partial charge is 0.462 e. The average molecular weight is 490 g/mol. The van der Waals surface area contributed by atoms with Gasteiger partial charge in [-0.25, -0.2) is 4.98 Å². The van der Waals surface area contributed by atoms with Crippen LogP contribution in [0, 0.1) is 5.92 Å². The van der Waals surface area contributed by atoms with Gasteiger partial charge in [-0.3, -0.25) is 0 Å². The molecule has 3 heterocycles. The standard InChI is InChI=1S/C33H31NOS/c1-20(2)16-22-10-11-25(26-13-15-36-32(22)26)27-19-30(34-29-12-14-35-31(27)29)23-17-21-8-6-7-9-24(21)28(18-23)33(3,4)5/h6-15,17-20H,16H2,1-5H3. The molecule has 0 aliphatic rings. The van der Waals surface area contributed by atoms with Crippen LogP contribution in [0.2, 0.25) is 0 Å². The third kappa shape index (κ3) is 3.92. The molecule has 0 N–H and O–H groups in total. The minimum atomic E-state index is 0.0211. The van der Waals surface area contributed by atoms with E-state index in [-0.39, 0.29) is 5.41 Å². The summed E-state index contributed by atoms with van der Waals surface area (Å²) in [6.45, 7) is 11.4. The maximum absolute atomic E-state index is 6.00. The Labute approximate surface area is 216 Å². The van der Waals surface area contributed by atoms with Crippen LogP contribution in [0.4, 0.5) is 0 Å². The molecule has 0 radical (unpaired) electrons. The maximum atomic E-state index is 6.00. The highest BCUT2D eigenvalue weighted by Gasteiger charge is 2.21. The van der Waals surface area contributed by atoms with Crippen molar-refractivity contribution in [1.82, 2.24) is 4.98 Å². The smallest absolute Gasteiger partial charge is 0.160 e. The van der Waals surface area contributed by atoms with Crippen LogP contribution < -0.4 is 0 Å². The number of furan rings is 1. The number of pyridine rings is 1. The van der Waals surface area contributed by atoms with Crippen LogP contribution >= 0.6 is 11.3 Å². The SMILES string of the molecule is CC(C)Cc1ccc(-c2cc(-c3cc(C(C)(C)C)c4ccccc4c3)nc3ccoc23)c2ccsc12. The maximum Gasteiger partial charge on any atom is 0.160 e. The third-order valence-electron chi connectivity index (χ3n) is 6.99. The van der Waals surface area contributed by atoms with Crippen LogP contribution in [-0.4, -0.2) is 4.98 Å². The average Bonchev–Trinajstić information content (AvgIpc) is 3.52. The predicted octanol–water partition coefficient (Wildman–Crippen LogP) is 10.0. The Morgan fingerprint density at radius 3 is 2.53 bits per heavy atom. The normalized spacial score (nSPS) is 12.4. The molecule has 3 aromatic carbocycles. The van der Waals surface area contributed by atoms with Gasteiger partial charge in [-0.05, 0) is 74.9 Å². The van der Waals surface area contributed by atoms with E-state index in [1.165, 1.54) is 37.5 Å². The lowest BCUT2D eigenvalue weighted by atomic mass is 9.82. The fourth-order valence-electron chi connectivity index (χ4n) is 5.34. The Bertz CT molecular complexity index is 1730. The van der Waals surface area contributed by atoms with Gasteiger partial charge in [0.05, 0.1) is 12.0 Å². The molecule has 36 heavy (non-hydrogen) atoms. The van der Waals surface area contributed by atoms with Gasteiger partial charge in [0.15, 0.2) is 5.58 Å². The van der Waals surface area contributed by atoms with Crippen molar-refractivity contribution in [2.24, 2.45) is 5.92 Å². The van der Waals surface area contributed by atoms with E-state index in [0.29, 0.717) is 5.92 Å². The molecule has 0 saturated carbocycles. The molecule has 3 aromatic heterocycles. The van der Waals surface area contributed by atoms with Crippen LogP contribution in [0.1, 0.15) is 45.7 Å². The number of fused-ring (bicyclic) bond motifs is 3. The van der Waals surface area contributed by atoms with Crippen LogP contribution in [0.3, 0.4) is 0 Å². The van der Waals surface area contributed by atoms with Gasteiger partial charge in [0.25, 0.3) is 0 Å². The number of benzene rings is 3. The molecule has 0 aliphatic heterocycles. The molecular weight excluding hydrogens is 458 g/mol. The van der Waals surface area contributed by atoms with Crippen molar-refractivity contribution in [1.29, 1.82) is 0 Å². The van der Waals surface area contributed by atoms with Crippen molar-refractivity contribution in [2.45, 2.75) is 46.5 Å². The number of rotatable bonds is 4. The fourth-order valence-corrected chi connectivity index (χ4v) is 6.29. The second-order valence-corrected chi connectivity index (χ2v) is 12.1.